The predicted octanol–water partition coefficient (Wildman–Crippen LogP) is 3.96. The first kappa shape index (κ1) is 20.9. The van der Waals surface area contributed by atoms with Crippen LogP contribution in [0.2, 0.25) is 0 Å². The van der Waals surface area contributed by atoms with E-state index in [0.29, 0.717) is 30.1 Å². The molecule has 0 saturated carbocycles. The van der Waals surface area contributed by atoms with Gasteiger partial charge in [-0.1, -0.05) is 23.5 Å². The first-order valence-corrected chi connectivity index (χ1v) is 10.7. The lowest BCUT2D eigenvalue weighted by Gasteiger charge is -2.32. The number of nitrogens with zero attached hydrogens (tertiary/aromatic N) is 3. The molecule has 2 amide bonds. The zero-order valence-corrected chi connectivity index (χ0v) is 17.7. The van der Waals surface area contributed by atoms with E-state index in [4.69, 9.17) is 4.74 Å². The number of halogens is 1. The number of likely N-dealkylation sites (tertiary alicyclic amines) is 1. The highest BCUT2D eigenvalue weighted by Crippen LogP contribution is 2.31. The Labute approximate surface area is 182 Å². The maximum absolute atomic E-state index is 13.0. The van der Waals surface area contributed by atoms with Crippen LogP contribution in [0.15, 0.2) is 48.5 Å². The highest BCUT2D eigenvalue weighted by atomic mass is 32.1. The number of carbonyl (C=O) groups excluding carboxylic acids is 2. The minimum Gasteiger partial charge on any atom is -0.496 e. The number of amides is 2. The maximum Gasteiger partial charge on any atom is 0.286 e. The van der Waals surface area contributed by atoms with Gasteiger partial charge in [0.2, 0.25) is 5.01 Å². The number of ether oxygens (including phenoxy) is 1. The summed E-state index contributed by atoms with van der Waals surface area (Å²) in [5, 5.41) is 11.9. The number of anilines is 1. The molecule has 0 radical (unpaired) electrons. The van der Waals surface area contributed by atoms with Crippen LogP contribution >= 0.6 is 11.3 Å². The molecule has 160 valence electrons. The molecule has 31 heavy (non-hydrogen) atoms. The fraction of sp³-hybridized carbons (Fsp3) is 0.273. The van der Waals surface area contributed by atoms with E-state index in [9.17, 15) is 14.0 Å². The van der Waals surface area contributed by atoms with Crippen LogP contribution in [0.1, 0.15) is 43.9 Å². The van der Waals surface area contributed by atoms with Crippen LogP contribution in [-0.2, 0) is 0 Å². The van der Waals surface area contributed by atoms with E-state index >= 15 is 0 Å². The monoisotopic (exact) mass is 440 g/mol. The van der Waals surface area contributed by atoms with Crippen LogP contribution in [0.25, 0.3) is 0 Å². The van der Waals surface area contributed by atoms with Crippen molar-refractivity contribution in [2.24, 2.45) is 0 Å². The molecule has 1 aliphatic heterocycles. The van der Waals surface area contributed by atoms with E-state index < -0.39 is 5.91 Å². The Morgan fingerprint density at radius 3 is 2.71 bits per heavy atom. The molecule has 0 aliphatic carbocycles. The minimum absolute atomic E-state index is 0.0114. The normalized spacial score (nSPS) is 16.1. The fourth-order valence-electron chi connectivity index (χ4n) is 3.56. The summed E-state index contributed by atoms with van der Waals surface area (Å²) >= 11 is 1.22. The van der Waals surface area contributed by atoms with Gasteiger partial charge in [-0.25, -0.2) is 4.39 Å². The van der Waals surface area contributed by atoms with Gasteiger partial charge in [-0.15, -0.1) is 10.2 Å². The van der Waals surface area contributed by atoms with Gasteiger partial charge < -0.3 is 15.0 Å². The van der Waals surface area contributed by atoms with E-state index in [1.807, 2.05) is 12.1 Å². The summed E-state index contributed by atoms with van der Waals surface area (Å²) < 4.78 is 18.3. The Balaban J connectivity index is 1.44. The smallest absolute Gasteiger partial charge is 0.286 e. The Morgan fingerprint density at radius 2 is 1.94 bits per heavy atom. The molecule has 0 unspecified atom stereocenters. The highest BCUT2D eigenvalue weighted by molar-refractivity contribution is 7.13. The molecule has 2 aromatic carbocycles. The topological polar surface area (TPSA) is 84.4 Å². The van der Waals surface area contributed by atoms with E-state index in [1.54, 1.807) is 24.1 Å². The van der Waals surface area contributed by atoms with Gasteiger partial charge in [-0.05, 0) is 49.2 Å². The molecular formula is C22H21FN4O3S. The van der Waals surface area contributed by atoms with Gasteiger partial charge >= 0.3 is 0 Å². The van der Waals surface area contributed by atoms with Crippen molar-refractivity contribution in [1.29, 1.82) is 0 Å². The molecule has 1 saturated heterocycles. The summed E-state index contributed by atoms with van der Waals surface area (Å²) in [5.41, 5.74) is 1.01. The summed E-state index contributed by atoms with van der Waals surface area (Å²) in [5.74, 6) is -0.294. The molecule has 1 fully saturated rings. The van der Waals surface area contributed by atoms with Crippen molar-refractivity contribution in [2.45, 2.75) is 18.8 Å². The number of hydrogen-bond donors (Lipinski definition) is 1. The predicted molar refractivity (Wildman–Crippen MR) is 115 cm³/mol. The number of methoxy groups -OCH3 is 1. The Kier molecular flexibility index (Phi) is 6.22. The second-order valence-corrected chi connectivity index (χ2v) is 8.21. The number of hydrogen-bond acceptors (Lipinski definition) is 6. The molecule has 3 aromatic rings. The van der Waals surface area contributed by atoms with Gasteiger partial charge in [-0.3, -0.25) is 9.59 Å². The summed E-state index contributed by atoms with van der Waals surface area (Å²) in [6, 6.07) is 12.7. The summed E-state index contributed by atoms with van der Waals surface area (Å²) in [4.78, 5) is 27.3. The van der Waals surface area contributed by atoms with E-state index in [-0.39, 0.29) is 22.6 Å². The van der Waals surface area contributed by atoms with Crippen LogP contribution in [0.4, 0.5) is 10.1 Å². The second-order valence-electron chi connectivity index (χ2n) is 7.20. The molecule has 9 heteroatoms. The zero-order valence-electron chi connectivity index (χ0n) is 16.9. The van der Waals surface area contributed by atoms with Crippen molar-refractivity contribution in [1.82, 2.24) is 15.1 Å². The van der Waals surface area contributed by atoms with E-state index in [1.165, 1.54) is 35.6 Å². The average Bonchev–Trinajstić information content (AvgIpc) is 3.31. The number of aromatic nitrogens is 2. The highest BCUT2D eigenvalue weighted by Gasteiger charge is 2.29. The molecule has 1 aromatic heterocycles. The van der Waals surface area contributed by atoms with Crippen molar-refractivity contribution < 1.29 is 18.7 Å². The third-order valence-electron chi connectivity index (χ3n) is 5.13. The molecule has 4 rings (SSSR count). The van der Waals surface area contributed by atoms with Crippen molar-refractivity contribution in [3.05, 3.63) is 69.9 Å². The molecule has 0 spiro atoms. The summed E-state index contributed by atoms with van der Waals surface area (Å²) in [7, 11) is 1.55. The van der Waals surface area contributed by atoms with E-state index in [0.717, 1.165) is 17.8 Å². The molecule has 1 aliphatic rings. The number of carbonyl (C=O) groups is 2. The Bertz CT molecular complexity index is 1090. The van der Waals surface area contributed by atoms with Crippen LogP contribution in [0, 0.1) is 5.82 Å². The first-order chi connectivity index (χ1) is 15.0. The summed E-state index contributed by atoms with van der Waals surface area (Å²) in [6.07, 6.45) is 1.70. The second kappa shape index (κ2) is 9.22. The Hall–Kier alpha value is -3.33. The van der Waals surface area contributed by atoms with Crippen LogP contribution in [-0.4, -0.2) is 47.1 Å². The number of para-hydroxylation sites is 1. The largest absolute Gasteiger partial charge is 0.496 e. The lowest BCUT2D eigenvalue weighted by atomic mass is 9.98. The molecule has 2 heterocycles. The lowest BCUT2D eigenvalue weighted by Crippen LogP contribution is -2.39. The SMILES string of the molecule is COc1ccccc1C(=O)N1CCC[C@H](c2nnc(C(=O)Nc3ccc(F)cc3)s2)C1. The number of rotatable bonds is 5. The summed E-state index contributed by atoms with van der Waals surface area (Å²) in [6.45, 7) is 1.16. The molecule has 1 N–H and O–H groups in total. The number of piperidine rings is 1. The van der Waals surface area contributed by atoms with Gasteiger partial charge in [0, 0.05) is 24.7 Å². The van der Waals surface area contributed by atoms with Crippen LogP contribution < -0.4 is 10.1 Å². The van der Waals surface area contributed by atoms with Crippen molar-refractivity contribution >= 4 is 28.8 Å². The van der Waals surface area contributed by atoms with E-state index in [2.05, 4.69) is 15.5 Å². The van der Waals surface area contributed by atoms with Crippen molar-refractivity contribution in [3.8, 4) is 5.75 Å². The quantitative estimate of drug-likeness (QED) is 0.649. The van der Waals surface area contributed by atoms with Gasteiger partial charge in [0.25, 0.3) is 11.8 Å². The standard InChI is InChI=1S/C22H21FN4O3S/c1-30-18-7-3-2-6-17(18)22(29)27-12-4-5-14(13-27)20-25-26-21(31-20)19(28)24-16-10-8-15(23)9-11-16/h2-3,6-11,14H,4-5,12-13H2,1H3,(H,24,28)/t14-/m0/s1. The maximum atomic E-state index is 13.0. The van der Waals surface area contributed by atoms with Gasteiger partial charge in [0.05, 0.1) is 12.7 Å². The van der Waals surface area contributed by atoms with Crippen molar-refractivity contribution in [2.75, 3.05) is 25.5 Å². The number of nitrogens with one attached hydrogen (secondary N) is 1. The third kappa shape index (κ3) is 4.72. The number of benzene rings is 2. The average molecular weight is 441 g/mol. The third-order valence-corrected chi connectivity index (χ3v) is 6.22. The molecule has 1 atom stereocenters. The zero-order chi connectivity index (χ0) is 21.8. The minimum atomic E-state index is -0.395. The van der Waals surface area contributed by atoms with Gasteiger partial charge in [-0.2, -0.15) is 0 Å². The molecule has 7 nitrogen and oxygen atoms in total. The molecule has 0 bridgehead atoms. The first-order valence-electron chi connectivity index (χ1n) is 9.88. The fourth-order valence-corrected chi connectivity index (χ4v) is 4.43. The Morgan fingerprint density at radius 1 is 1.16 bits per heavy atom. The van der Waals surface area contributed by atoms with Gasteiger partial charge in [0.15, 0.2) is 0 Å². The molecular weight excluding hydrogens is 419 g/mol. The van der Waals surface area contributed by atoms with Gasteiger partial charge in [0.1, 0.15) is 16.6 Å². The van der Waals surface area contributed by atoms with Crippen LogP contribution in [0.5, 0.6) is 5.75 Å². The van der Waals surface area contributed by atoms with Crippen molar-refractivity contribution in [3.63, 3.8) is 0 Å². The lowest BCUT2D eigenvalue weighted by molar-refractivity contribution is 0.0703. The van der Waals surface area contributed by atoms with Crippen LogP contribution in [0.3, 0.4) is 0 Å².